The molecule has 0 radical (unpaired) electrons. The van der Waals surface area contributed by atoms with Crippen LogP contribution in [0.4, 0.5) is 0 Å². The molecular weight excluding hydrogens is 330 g/mol. The predicted octanol–water partition coefficient (Wildman–Crippen LogP) is 3.09. The smallest absolute Gasteiger partial charge is 0.189 e. The summed E-state index contributed by atoms with van der Waals surface area (Å²) < 4.78 is 16.5. The van der Waals surface area contributed by atoms with E-state index in [1.165, 1.54) is 0 Å². The average Bonchev–Trinajstić information content (AvgIpc) is 2.66. The summed E-state index contributed by atoms with van der Waals surface area (Å²) in [5, 5.41) is 3.41. The van der Waals surface area contributed by atoms with Gasteiger partial charge in [0.2, 0.25) is 0 Å². The molecule has 0 amide bonds. The van der Waals surface area contributed by atoms with Crippen molar-refractivity contribution < 1.29 is 14.2 Å². The number of ether oxygens (including phenoxy) is 3. The topological polar surface area (TPSA) is 78.1 Å². The Morgan fingerprint density at radius 3 is 2.46 bits per heavy atom. The summed E-state index contributed by atoms with van der Waals surface area (Å²) in [6.07, 6.45) is 3.41. The molecule has 1 aliphatic carbocycles. The molecule has 1 aliphatic rings. The number of nitrogens with one attached hydrogen (secondary N) is 1. The first-order valence-electron chi connectivity index (χ1n) is 9.43. The number of methoxy groups -OCH3 is 2. The molecule has 146 valence electrons. The molecule has 1 saturated carbocycles. The van der Waals surface area contributed by atoms with Crippen molar-refractivity contribution in [1.82, 2.24) is 5.32 Å². The third kappa shape index (κ3) is 4.06. The summed E-state index contributed by atoms with van der Waals surface area (Å²) in [6.45, 7) is 7.74. The summed E-state index contributed by atoms with van der Waals surface area (Å²) in [5.41, 5.74) is 7.31. The molecule has 0 aromatic heterocycles. The first-order chi connectivity index (χ1) is 12.5. The summed E-state index contributed by atoms with van der Waals surface area (Å²) in [6, 6.07) is 6.08. The number of nitrogens with two attached hydrogens (primary N) is 1. The van der Waals surface area contributed by atoms with E-state index in [0.717, 1.165) is 31.4 Å². The Morgan fingerprint density at radius 1 is 1.19 bits per heavy atom. The molecule has 3 N–H and O–H groups in total. The van der Waals surface area contributed by atoms with Crippen molar-refractivity contribution in [2.45, 2.75) is 58.7 Å². The van der Waals surface area contributed by atoms with E-state index in [4.69, 9.17) is 19.9 Å². The van der Waals surface area contributed by atoms with E-state index in [1.54, 1.807) is 14.2 Å². The minimum Gasteiger partial charge on any atom is -0.493 e. The van der Waals surface area contributed by atoms with Crippen molar-refractivity contribution in [3.05, 3.63) is 23.8 Å². The van der Waals surface area contributed by atoms with E-state index >= 15 is 0 Å². The Kier molecular flexibility index (Phi) is 7.14. The Bertz CT molecular complexity index is 614. The summed E-state index contributed by atoms with van der Waals surface area (Å²) in [5.74, 6) is 1.88. The van der Waals surface area contributed by atoms with Crippen LogP contribution < -0.4 is 20.5 Å². The standard InChI is InChI=1S/C20H33N3O3/c1-6-20(7-2)17(12-18(20)26-8-3)23-19(21)22-13-14-9-10-15(24-4)16(11-14)25-5/h9-11,17-18H,6-8,12-13H2,1-5H3,(H3,21,22,23). The fraction of sp³-hybridized carbons (Fsp3) is 0.650. The van der Waals surface area contributed by atoms with E-state index in [0.29, 0.717) is 36.1 Å². The van der Waals surface area contributed by atoms with Gasteiger partial charge in [0, 0.05) is 18.1 Å². The largest absolute Gasteiger partial charge is 0.493 e. The van der Waals surface area contributed by atoms with Gasteiger partial charge in [-0.1, -0.05) is 19.9 Å². The lowest BCUT2D eigenvalue weighted by atomic mass is 9.58. The van der Waals surface area contributed by atoms with Gasteiger partial charge >= 0.3 is 0 Å². The normalized spacial score (nSPS) is 21.8. The Labute approximate surface area is 157 Å². The highest BCUT2D eigenvalue weighted by molar-refractivity contribution is 5.78. The number of rotatable bonds is 9. The molecule has 2 unspecified atom stereocenters. The third-order valence-electron chi connectivity index (χ3n) is 5.67. The second-order valence-corrected chi connectivity index (χ2v) is 6.71. The van der Waals surface area contributed by atoms with Crippen LogP contribution in [0.15, 0.2) is 23.2 Å². The van der Waals surface area contributed by atoms with Crippen molar-refractivity contribution in [3.63, 3.8) is 0 Å². The highest BCUT2D eigenvalue weighted by Crippen LogP contribution is 2.48. The van der Waals surface area contributed by atoms with E-state index in [-0.39, 0.29) is 5.41 Å². The molecule has 1 aromatic rings. The Morgan fingerprint density at radius 2 is 1.88 bits per heavy atom. The van der Waals surface area contributed by atoms with Crippen molar-refractivity contribution in [2.24, 2.45) is 16.1 Å². The molecule has 1 aromatic carbocycles. The summed E-state index contributed by atoms with van der Waals surface area (Å²) in [7, 11) is 3.25. The lowest BCUT2D eigenvalue weighted by Crippen LogP contribution is -2.65. The maximum Gasteiger partial charge on any atom is 0.189 e. The molecule has 1 fully saturated rings. The van der Waals surface area contributed by atoms with Gasteiger partial charge in [0.1, 0.15) is 0 Å². The van der Waals surface area contributed by atoms with Gasteiger partial charge in [0.05, 0.1) is 26.9 Å². The van der Waals surface area contributed by atoms with Gasteiger partial charge in [0.25, 0.3) is 0 Å². The predicted molar refractivity (Wildman–Crippen MR) is 105 cm³/mol. The maximum absolute atomic E-state index is 6.15. The molecule has 0 bridgehead atoms. The van der Waals surface area contributed by atoms with Crippen LogP contribution in [-0.4, -0.2) is 38.9 Å². The lowest BCUT2D eigenvalue weighted by molar-refractivity contribution is -0.133. The summed E-state index contributed by atoms with van der Waals surface area (Å²) >= 11 is 0. The number of nitrogens with zero attached hydrogens (tertiary/aromatic N) is 1. The van der Waals surface area contributed by atoms with Gasteiger partial charge < -0.3 is 25.3 Å². The van der Waals surface area contributed by atoms with Crippen LogP contribution in [0.3, 0.4) is 0 Å². The molecule has 0 aliphatic heterocycles. The Hall–Kier alpha value is -1.95. The van der Waals surface area contributed by atoms with Gasteiger partial charge in [-0.2, -0.15) is 0 Å². The minimum atomic E-state index is 0.138. The van der Waals surface area contributed by atoms with E-state index < -0.39 is 0 Å². The molecule has 6 heteroatoms. The van der Waals surface area contributed by atoms with Crippen LogP contribution >= 0.6 is 0 Å². The molecule has 2 atom stereocenters. The maximum atomic E-state index is 6.15. The highest BCUT2D eigenvalue weighted by atomic mass is 16.5. The lowest BCUT2D eigenvalue weighted by Gasteiger charge is -2.55. The fourth-order valence-corrected chi connectivity index (χ4v) is 3.96. The highest BCUT2D eigenvalue weighted by Gasteiger charge is 2.53. The van der Waals surface area contributed by atoms with Gasteiger partial charge in [-0.05, 0) is 43.9 Å². The van der Waals surface area contributed by atoms with Crippen LogP contribution in [0, 0.1) is 5.41 Å². The molecule has 2 rings (SSSR count). The second-order valence-electron chi connectivity index (χ2n) is 6.71. The van der Waals surface area contributed by atoms with Gasteiger partial charge in [0.15, 0.2) is 17.5 Å². The van der Waals surface area contributed by atoms with Crippen molar-refractivity contribution >= 4 is 5.96 Å². The number of guanidine groups is 1. The zero-order valence-corrected chi connectivity index (χ0v) is 16.7. The zero-order chi connectivity index (χ0) is 19.2. The van der Waals surface area contributed by atoms with Crippen LogP contribution in [0.25, 0.3) is 0 Å². The number of aliphatic imine (C=N–C) groups is 1. The van der Waals surface area contributed by atoms with E-state index in [1.807, 2.05) is 18.2 Å². The minimum absolute atomic E-state index is 0.138. The third-order valence-corrected chi connectivity index (χ3v) is 5.67. The molecule has 6 nitrogen and oxygen atoms in total. The SMILES string of the molecule is CCOC1CC(NC(N)=NCc2ccc(OC)c(OC)c2)C1(CC)CC. The molecule has 0 spiro atoms. The quantitative estimate of drug-likeness (QED) is 0.521. The van der Waals surface area contributed by atoms with Gasteiger partial charge in [-0.3, -0.25) is 0 Å². The van der Waals surface area contributed by atoms with Gasteiger partial charge in [-0.25, -0.2) is 4.99 Å². The molecular formula is C20H33N3O3. The van der Waals surface area contributed by atoms with Gasteiger partial charge in [-0.15, -0.1) is 0 Å². The molecule has 26 heavy (non-hydrogen) atoms. The van der Waals surface area contributed by atoms with Crippen LogP contribution in [0.5, 0.6) is 11.5 Å². The number of hydrogen-bond donors (Lipinski definition) is 2. The first kappa shape index (κ1) is 20.4. The number of benzene rings is 1. The van der Waals surface area contributed by atoms with Crippen molar-refractivity contribution in [3.8, 4) is 11.5 Å². The van der Waals surface area contributed by atoms with Crippen LogP contribution in [0.1, 0.15) is 45.6 Å². The van der Waals surface area contributed by atoms with Crippen LogP contribution in [-0.2, 0) is 11.3 Å². The van der Waals surface area contributed by atoms with Crippen LogP contribution in [0.2, 0.25) is 0 Å². The Balaban J connectivity index is 2.00. The summed E-state index contributed by atoms with van der Waals surface area (Å²) in [4.78, 5) is 4.50. The second kappa shape index (κ2) is 9.12. The zero-order valence-electron chi connectivity index (χ0n) is 16.7. The fourth-order valence-electron chi connectivity index (χ4n) is 3.96. The average molecular weight is 364 g/mol. The van der Waals surface area contributed by atoms with E-state index in [2.05, 4.69) is 31.1 Å². The molecule has 0 saturated heterocycles. The van der Waals surface area contributed by atoms with E-state index in [9.17, 15) is 0 Å². The monoisotopic (exact) mass is 363 g/mol. The van der Waals surface area contributed by atoms with Crippen molar-refractivity contribution in [1.29, 1.82) is 0 Å². The number of hydrogen-bond acceptors (Lipinski definition) is 4. The molecule has 0 heterocycles. The van der Waals surface area contributed by atoms with Crippen molar-refractivity contribution in [2.75, 3.05) is 20.8 Å². The first-order valence-corrected chi connectivity index (χ1v) is 9.43.